The summed E-state index contributed by atoms with van der Waals surface area (Å²) in [6, 6.07) is 11.9. The molecular weight excluding hydrogens is 214 g/mol. The molecule has 0 saturated carbocycles. The van der Waals surface area contributed by atoms with Crippen molar-refractivity contribution in [3.8, 4) is 5.75 Å². The van der Waals surface area contributed by atoms with Crippen LogP contribution in [0.4, 0.5) is 0 Å². The van der Waals surface area contributed by atoms with Gasteiger partial charge >= 0.3 is 0 Å². The summed E-state index contributed by atoms with van der Waals surface area (Å²) in [6.07, 6.45) is 3.78. The van der Waals surface area contributed by atoms with E-state index in [1.807, 2.05) is 36.4 Å². The molecule has 0 atom stereocenters. The van der Waals surface area contributed by atoms with Crippen LogP contribution in [0.15, 0.2) is 47.0 Å². The van der Waals surface area contributed by atoms with Crippen molar-refractivity contribution in [1.29, 1.82) is 0 Å². The van der Waals surface area contributed by atoms with Crippen LogP contribution in [0, 0.1) is 0 Å². The van der Waals surface area contributed by atoms with Gasteiger partial charge in [-0.15, -0.1) is 0 Å². The average Bonchev–Trinajstić information content (AvgIpc) is 2.77. The first-order valence-corrected chi connectivity index (χ1v) is 5.47. The van der Waals surface area contributed by atoms with E-state index in [1.54, 1.807) is 6.20 Å². The molecule has 1 aliphatic heterocycles. The number of fused-ring (bicyclic) bond motifs is 5. The highest BCUT2D eigenvalue weighted by molar-refractivity contribution is 6.10. The van der Waals surface area contributed by atoms with Gasteiger partial charge in [0.15, 0.2) is 5.75 Å². The highest BCUT2D eigenvalue weighted by atomic mass is 16.6. The van der Waals surface area contributed by atoms with Crippen molar-refractivity contribution in [2.45, 2.75) is 0 Å². The summed E-state index contributed by atoms with van der Waals surface area (Å²) in [5.41, 5.74) is 5.59. The van der Waals surface area contributed by atoms with E-state index in [0.717, 1.165) is 33.3 Å². The Morgan fingerprint density at radius 3 is 2.88 bits per heavy atom. The summed E-state index contributed by atoms with van der Waals surface area (Å²) in [6.45, 7) is 0. The zero-order valence-corrected chi connectivity index (χ0v) is 8.94. The van der Waals surface area contributed by atoms with Gasteiger partial charge < -0.3 is 9.25 Å². The molecule has 0 radical (unpaired) electrons. The molecule has 0 aliphatic carbocycles. The van der Waals surface area contributed by atoms with Gasteiger partial charge in [-0.25, -0.2) is 5.48 Å². The van der Waals surface area contributed by atoms with Crippen molar-refractivity contribution < 1.29 is 9.25 Å². The molecule has 1 aliphatic rings. The minimum atomic E-state index is 0.826. The van der Waals surface area contributed by atoms with E-state index in [-0.39, 0.29) is 0 Å². The van der Waals surface area contributed by atoms with Crippen molar-refractivity contribution in [1.82, 2.24) is 5.48 Å². The summed E-state index contributed by atoms with van der Waals surface area (Å²) in [7, 11) is 0. The summed E-state index contributed by atoms with van der Waals surface area (Å²) in [5.74, 6) is 0.826. The van der Waals surface area contributed by atoms with Gasteiger partial charge in [-0.1, -0.05) is 18.2 Å². The lowest BCUT2D eigenvalue weighted by Crippen LogP contribution is -2.14. The minimum Gasteiger partial charge on any atom is -0.456 e. The van der Waals surface area contributed by atoms with Crippen LogP contribution in [0.2, 0.25) is 0 Å². The van der Waals surface area contributed by atoms with Crippen LogP contribution in [0.5, 0.6) is 5.75 Å². The lowest BCUT2D eigenvalue weighted by molar-refractivity contribution is 0.239. The molecule has 17 heavy (non-hydrogen) atoms. The molecule has 0 bridgehead atoms. The summed E-state index contributed by atoms with van der Waals surface area (Å²) in [4.78, 5) is 5.37. The Morgan fingerprint density at radius 2 is 1.88 bits per heavy atom. The topological polar surface area (TPSA) is 34.4 Å². The van der Waals surface area contributed by atoms with E-state index < -0.39 is 0 Å². The van der Waals surface area contributed by atoms with Crippen molar-refractivity contribution in [3.05, 3.63) is 48.2 Å². The first kappa shape index (κ1) is 8.70. The molecule has 3 aromatic rings. The summed E-state index contributed by atoms with van der Waals surface area (Å²) >= 11 is 0. The average molecular weight is 223 g/mol. The SMILES string of the molecule is C1=Cc2c(ccc3oc4ccccc4c23)ON1. The standard InChI is InChI=1S/C14H9NO2/c1-2-4-11-9(3-1)14-10-7-8-15-17-12(10)5-6-13(14)16-11/h1-8,15H. The molecule has 3 heteroatoms. The van der Waals surface area contributed by atoms with Crippen molar-refractivity contribution in [2.24, 2.45) is 0 Å². The van der Waals surface area contributed by atoms with Crippen LogP contribution in [-0.2, 0) is 0 Å². The molecule has 0 saturated heterocycles. The fourth-order valence-electron chi connectivity index (χ4n) is 2.29. The number of benzene rings is 2. The van der Waals surface area contributed by atoms with Crippen LogP contribution in [0.25, 0.3) is 28.0 Å². The molecule has 0 fully saturated rings. The largest absolute Gasteiger partial charge is 0.456 e. The Kier molecular flexibility index (Phi) is 1.56. The third kappa shape index (κ3) is 1.11. The predicted octanol–water partition coefficient (Wildman–Crippen LogP) is 3.45. The maximum Gasteiger partial charge on any atom is 0.163 e. The molecule has 1 aromatic heterocycles. The highest BCUT2D eigenvalue weighted by Crippen LogP contribution is 2.37. The molecule has 2 heterocycles. The van der Waals surface area contributed by atoms with E-state index >= 15 is 0 Å². The summed E-state index contributed by atoms with van der Waals surface area (Å²) in [5, 5.41) is 2.23. The van der Waals surface area contributed by atoms with Gasteiger partial charge in [0.2, 0.25) is 0 Å². The quantitative estimate of drug-likeness (QED) is 0.633. The Bertz CT molecular complexity index is 755. The second-order valence-corrected chi connectivity index (χ2v) is 4.00. The maximum absolute atomic E-state index is 5.81. The number of furan rings is 1. The van der Waals surface area contributed by atoms with Gasteiger partial charge in [0, 0.05) is 22.5 Å². The molecule has 3 nitrogen and oxygen atoms in total. The van der Waals surface area contributed by atoms with E-state index in [2.05, 4.69) is 11.5 Å². The molecule has 82 valence electrons. The Balaban J connectivity index is 2.25. The van der Waals surface area contributed by atoms with Gasteiger partial charge in [-0.05, 0) is 24.3 Å². The number of rotatable bonds is 0. The van der Waals surface area contributed by atoms with E-state index in [0.29, 0.717) is 0 Å². The highest BCUT2D eigenvalue weighted by Gasteiger charge is 2.15. The number of hydroxylamine groups is 1. The minimum absolute atomic E-state index is 0.826. The molecule has 4 rings (SSSR count). The van der Waals surface area contributed by atoms with Gasteiger partial charge in [-0.2, -0.15) is 0 Å². The molecule has 0 spiro atoms. The first-order chi connectivity index (χ1) is 8.43. The fraction of sp³-hybridized carbons (Fsp3) is 0. The first-order valence-electron chi connectivity index (χ1n) is 5.47. The predicted molar refractivity (Wildman–Crippen MR) is 66.5 cm³/mol. The van der Waals surface area contributed by atoms with E-state index in [4.69, 9.17) is 9.25 Å². The number of hydrogen-bond donors (Lipinski definition) is 1. The van der Waals surface area contributed by atoms with Gasteiger partial charge in [-0.3, -0.25) is 0 Å². The van der Waals surface area contributed by atoms with Gasteiger partial charge in [0.1, 0.15) is 11.2 Å². The molecular formula is C14H9NO2. The Hall–Kier alpha value is -2.42. The third-order valence-corrected chi connectivity index (χ3v) is 3.03. The van der Waals surface area contributed by atoms with Crippen LogP contribution >= 0.6 is 0 Å². The third-order valence-electron chi connectivity index (χ3n) is 3.03. The maximum atomic E-state index is 5.81. The number of nitrogens with one attached hydrogen (secondary N) is 1. The van der Waals surface area contributed by atoms with E-state index in [1.165, 1.54) is 0 Å². The van der Waals surface area contributed by atoms with Crippen LogP contribution in [-0.4, -0.2) is 0 Å². The summed E-state index contributed by atoms with van der Waals surface area (Å²) < 4.78 is 5.81. The fourth-order valence-corrected chi connectivity index (χ4v) is 2.29. The molecule has 1 N–H and O–H groups in total. The Morgan fingerprint density at radius 1 is 0.941 bits per heavy atom. The molecule has 0 unspecified atom stereocenters. The lowest BCUT2D eigenvalue weighted by atomic mass is 10.0. The number of hydrogen-bond acceptors (Lipinski definition) is 3. The van der Waals surface area contributed by atoms with Crippen molar-refractivity contribution in [3.63, 3.8) is 0 Å². The van der Waals surface area contributed by atoms with Crippen LogP contribution in [0.3, 0.4) is 0 Å². The van der Waals surface area contributed by atoms with Gasteiger partial charge in [0.05, 0.1) is 0 Å². The van der Waals surface area contributed by atoms with Crippen LogP contribution in [0.1, 0.15) is 5.56 Å². The molecule has 2 aromatic carbocycles. The Labute approximate surface area is 97.2 Å². The van der Waals surface area contributed by atoms with E-state index in [9.17, 15) is 0 Å². The second-order valence-electron chi connectivity index (χ2n) is 4.00. The van der Waals surface area contributed by atoms with Crippen LogP contribution < -0.4 is 10.3 Å². The van der Waals surface area contributed by atoms with Crippen molar-refractivity contribution in [2.75, 3.05) is 0 Å². The normalized spacial score (nSPS) is 13.4. The monoisotopic (exact) mass is 223 g/mol. The number of para-hydroxylation sites is 1. The smallest absolute Gasteiger partial charge is 0.163 e. The van der Waals surface area contributed by atoms with Crippen molar-refractivity contribution >= 4 is 28.0 Å². The zero-order chi connectivity index (χ0) is 11.2. The molecule has 0 amide bonds. The second kappa shape index (κ2) is 3.04. The zero-order valence-electron chi connectivity index (χ0n) is 8.94. The van der Waals surface area contributed by atoms with Gasteiger partial charge in [0.25, 0.3) is 0 Å². The lowest BCUT2D eigenvalue weighted by Gasteiger charge is -2.12.